The van der Waals surface area contributed by atoms with Crippen LogP contribution in [0.3, 0.4) is 0 Å². The van der Waals surface area contributed by atoms with Gasteiger partial charge in [0.2, 0.25) is 0 Å². The molecule has 1 heteroatoms. The SMILES string of the molecule is CC1CC2(CCOC2)C1. The summed E-state index contributed by atoms with van der Waals surface area (Å²) >= 11 is 0. The molecule has 0 bridgehead atoms. The van der Waals surface area contributed by atoms with Gasteiger partial charge >= 0.3 is 0 Å². The second kappa shape index (κ2) is 1.72. The van der Waals surface area contributed by atoms with Crippen molar-refractivity contribution in [3.63, 3.8) is 0 Å². The standard InChI is InChI=1S/C8H14O/c1-7-4-8(5-7)2-3-9-6-8/h7H,2-6H2,1H3. The lowest BCUT2D eigenvalue weighted by molar-refractivity contribution is 0.0469. The van der Waals surface area contributed by atoms with E-state index in [2.05, 4.69) is 6.92 Å². The predicted molar refractivity (Wildman–Crippen MR) is 36.3 cm³/mol. The molecule has 1 nitrogen and oxygen atoms in total. The Kier molecular flexibility index (Phi) is 1.10. The summed E-state index contributed by atoms with van der Waals surface area (Å²) in [4.78, 5) is 0. The van der Waals surface area contributed by atoms with E-state index in [1.54, 1.807) is 0 Å². The summed E-state index contributed by atoms with van der Waals surface area (Å²) in [5.41, 5.74) is 0.666. The zero-order valence-electron chi connectivity index (χ0n) is 6.02. The Morgan fingerprint density at radius 3 is 2.67 bits per heavy atom. The van der Waals surface area contributed by atoms with Crippen LogP contribution in [0.4, 0.5) is 0 Å². The highest BCUT2D eigenvalue weighted by Crippen LogP contribution is 2.50. The third-order valence-corrected chi connectivity index (χ3v) is 2.75. The fourth-order valence-corrected chi connectivity index (χ4v) is 2.39. The van der Waals surface area contributed by atoms with Gasteiger partial charge in [0, 0.05) is 6.61 Å². The van der Waals surface area contributed by atoms with Crippen molar-refractivity contribution >= 4 is 0 Å². The van der Waals surface area contributed by atoms with E-state index in [0.29, 0.717) is 5.41 Å². The second-order valence-corrected chi connectivity index (χ2v) is 3.82. The Balaban J connectivity index is 1.95. The van der Waals surface area contributed by atoms with Gasteiger partial charge in [0.25, 0.3) is 0 Å². The van der Waals surface area contributed by atoms with Gasteiger partial charge in [-0.15, -0.1) is 0 Å². The first-order valence-corrected chi connectivity index (χ1v) is 3.89. The van der Waals surface area contributed by atoms with Crippen LogP contribution in [0.25, 0.3) is 0 Å². The highest BCUT2D eigenvalue weighted by atomic mass is 16.5. The van der Waals surface area contributed by atoms with Gasteiger partial charge in [-0.25, -0.2) is 0 Å². The predicted octanol–water partition coefficient (Wildman–Crippen LogP) is 1.82. The van der Waals surface area contributed by atoms with Gasteiger partial charge in [-0.2, -0.15) is 0 Å². The summed E-state index contributed by atoms with van der Waals surface area (Å²) in [7, 11) is 0. The van der Waals surface area contributed by atoms with Crippen molar-refractivity contribution < 1.29 is 4.74 Å². The molecule has 1 heterocycles. The van der Waals surface area contributed by atoms with E-state index in [9.17, 15) is 0 Å². The van der Waals surface area contributed by atoms with Crippen LogP contribution in [0.5, 0.6) is 0 Å². The number of hydrogen-bond acceptors (Lipinski definition) is 1. The van der Waals surface area contributed by atoms with Crippen LogP contribution in [0, 0.1) is 11.3 Å². The molecule has 0 N–H and O–H groups in total. The fourth-order valence-electron chi connectivity index (χ4n) is 2.39. The molecule has 1 aliphatic heterocycles. The Hall–Kier alpha value is -0.0400. The molecule has 0 atom stereocenters. The topological polar surface area (TPSA) is 9.23 Å². The zero-order valence-corrected chi connectivity index (χ0v) is 6.02. The van der Waals surface area contributed by atoms with Gasteiger partial charge < -0.3 is 4.74 Å². The van der Waals surface area contributed by atoms with Crippen molar-refractivity contribution in [3.05, 3.63) is 0 Å². The van der Waals surface area contributed by atoms with Crippen LogP contribution >= 0.6 is 0 Å². The summed E-state index contributed by atoms with van der Waals surface area (Å²) in [6.07, 6.45) is 4.18. The highest BCUT2D eigenvalue weighted by Gasteiger charge is 2.44. The van der Waals surface area contributed by atoms with Crippen LogP contribution in [0.2, 0.25) is 0 Å². The molecule has 1 saturated carbocycles. The molecule has 0 aromatic carbocycles. The average molecular weight is 126 g/mol. The minimum absolute atomic E-state index is 0.666. The quantitative estimate of drug-likeness (QED) is 0.481. The molecule has 1 spiro atoms. The van der Waals surface area contributed by atoms with Crippen LogP contribution < -0.4 is 0 Å². The monoisotopic (exact) mass is 126 g/mol. The maximum absolute atomic E-state index is 5.35. The molecule has 2 rings (SSSR count). The van der Waals surface area contributed by atoms with Gasteiger partial charge in [0.05, 0.1) is 6.61 Å². The van der Waals surface area contributed by atoms with Gasteiger partial charge in [-0.1, -0.05) is 6.92 Å². The number of rotatable bonds is 0. The minimum Gasteiger partial charge on any atom is -0.381 e. The van der Waals surface area contributed by atoms with Crippen molar-refractivity contribution in [1.29, 1.82) is 0 Å². The molecule has 2 fully saturated rings. The lowest BCUT2D eigenvalue weighted by Gasteiger charge is -2.42. The normalized spacial score (nSPS) is 49.7. The van der Waals surface area contributed by atoms with Crippen molar-refractivity contribution in [3.8, 4) is 0 Å². The summed E-state index contributed by atoms with van der Waals surface area (Å²) in [5.74, 6) is 0.978. The van der Waals surface area contributed by atoms with Crippen LogP contribution in [0.1, 0.15) is 26.2 Å². The van der Waals surface area contributed by atoms with Gasteiger partial charge in [-0.05, 0) is 30.6 Å². The highest BCUT2D eigenvalue weighted by molar-refractivity contribution is 4.94. The Morgan fingerprint density at radius 1 is 1.44 bits per heavy atom. The molecular formula is C8H14O. The smallest absolute Gasteiger partial charge is 0.0523 e. The fraction of sp³-hybridized carbons (Fsp3) is 1.00. The molecule has 2 aliphatic rings. The molecule has 0 amide bonds. The summed E-state index contributed by atoms with van der Waals surface area (Å²) < 4.78 is 5.35. The third-order valence-electron chi connectivity index (χ3n) is 2.75. The third kappa shape index (κ3) is 0.787. The molecule has 0 aromatic rings. The molecule has 0 aromatic heterocycles. The molecular weight excluding hydrogens is 112 g/mol. The van der Waals surface area contributed by atoms with Crippen molar-refractivity contribution in [2.45, 2.75) is 26.2 Å². The van der Waals surface area contributed by atoms with Crippen molar-refractivity contribution in [2.75, 3.05) is 13.2 Å². The van der Waals surface area contributed by atoms with Crippen molar-refractivity contribution in [1.82, 2.24) is 0 Å². The molecule has 1 saturated heterocycles. The lowest BCUT2D eigenvalue weighted by Crippen LogP contribution is -2.35. The first kappa shape index (κ1) is 5.72. The second-order valence-electron chi connectivity index (χ2n) is 3.82. The van der Waals surface area contributed by atoms with Crippen LogP contribution in [-0.2, 0) is 4.74 Å². The van der Waals surface area contributed by atoms with Gasteiger partial charge in [-0.3, -0.25) is 0 Å². The minimum atomic E-state index is 0.666. The number of ether oxygens (including phenoxy) is 1. The summed E-state index contributed by atoms with van der Waals surface area (Å²) in [5, 5.41) is 0. The lowest BCUT2D eigenvalue weighted by atomic mass is 9.62. The van der Waals surface area contributed by atoms with Gasteiger partial charge in [0.15, 0.2) is 0 Å². The van der Waals surface area contributed by atoms with E-state index >= 15 is 0 Å². The maximum Gasteiger partial charge on any atom is 0.0523 e. The van der Waals surface area contributed by atoms with E-state index in [1.165, 1.54) is 19.3 Å². The van der Waals surface area contributed by atoms with E-state index in [0.717, 1.165) is 19.1 Å². The molecule has 0 unspecified atom stereocenters. The molecule has 1 aliphatic carbocycles. The summed E-state index contributed by atoms with van der Waals surface area (Å²) in [6.45, 7) is 4.41. The van der Waals surface area contributed by atoms with E-state index < -0.39 is 0 Å². The molecule has 52 valence electrons. The first-order chi connectivity index (χ1) is 4.31. The zero-order chi connectivity index (χ0) is 6.32. The Labute approximate surface area is 56.4 Å². The number of hydrogen-bond donors (Lipinski definition) is 0. The largest absolute Gasteiger partial charge is 0.381 e. The van der Waals surface area contributed by atoms with E-state index in [-0.39, 0.29) is 0 Å². The molecule has 9 heavy (non-hydrogen) atoms. The van der Waals surface area contributed by atoms with E-state index in [4.69, 9.17) is 4.74 Å². The van der Waals surface area contributed by atoms with Crippen molar-refractivity contribution in [2.24, 2.45) is 11.3 Å². The van der Waals surface area contributed by atoms with Crippen LogP contribution in [0.15, 0.2) is 0 Å². The van der Waals surface area contributed by atoms with Crippen LogP contribution in [-0.4, -0.2) is 13.2 Å². The average Bonchev–Trinajstić information content (AvgIpc) is 2.12. The first-order valence-electron chi connectivity index (χ1n) is 3.89. The van der Waals surface area contributed by atoms with E-state index in [1.807, 2.05) is 0 Å². The Morgan fingerprint density at radius 2 is 2.22 bits per heavy atom. The summed E-state index contributed by atoms with van der Waals surface area (Å²) in [6, 6.07) is 0. The Bertz CT molecular complexity index is 106. The molecule has 0 radical (unpaired) electrons. The van der Waals surface area contributed by atoms with Gasteiger partial charge in [0.1, 0.15) is 0 Å². The maximum atomic E-state index is 5.35.